The lowest BCUT2D eigenvalue weighted by Crippen LogP contribution is -2.32. The van der Waals surface area contributed by atoms with E-state index < -0.39 is 0 Å². The molecule has 2 amide bonds. The molecule has 1 fully saturated rings. The Labute approximate surface area is 160 Å². The highest BCUT2D eigenvalue weighted by Crippen LogP contribution is 2.28. The maximum absolute atomic E-state index is 12.7. The molecule has 0 spiro atoms. The van der Waals surface area contributed by atoms with Crippen molar-refractivity contribution < 1.29 is 9.59 Å². The molecule has 0 bridgehead atoms. The molecule has 0 aromatic heterocycles. The van der Waals surface area contributed by atoms with E-state index in [2.05, 4.69) is 15.5 Å². The van der Waals surface area contributed by atoms with Gasteiger partial charge in [-0.25, -0.2) is 0 Å². The second-order valence-corrected chi connectivity index (χ2v) is 7.32. The van der Waals surface area contributed by atoms with Crippen LogP contribution in [0.2, 0.25) is 0 Å². The zero-order valence-electron chi connectivity index (χ0n) is 16.2. The summed E-state index contributed by atoms with van der Waals surface area (Å²) in [5.74, 6) is -0.281. The van der Waals surface area contributed by atoms with Gasteiger partial charge in [0.25, 0.3) is 11.8 Å². The van der Waals surface area contributed by atoms with E-state index in [0.29, 0.717) is 16.8 Å². The van der Waals surface area contributed by atoms with Gasteiger partial charge in [0, 0.05) is 36.1 Å². The topological polar surface area (TPSA) is 61.4 Å². The molecule has 2 N–H and O–H groups in total. The van der Waals surface area contributed by atoms with Crippen LogP contribution in [0, 0.1) is 6.92 Å². The van der Waals surface area contributed by atoms with Gasteiger partial charge in [-0.15, -0.1) is 0 Å². The monoisotopic (exact) mass is 365 g/mol. The molecule has 3 rings (SSSR count). The van der Waals surface area contributed by atoms with Gasteiger partial charge in [0.2, 0.25) is 0 Å². The Hall–Kier alpha value is -2.82. The molecule has 0 atom stereocenters. The number of hydrogen-bond acceptors (Lipinski definition) is 3. The molecular formula is C22H27N3O2. The number of rotatable bonds is 5. The fourth-order valence-corrected chi connectivity index (χ4v) is 3.40. The lowest BCUT2D eigenvalue weighted by atomic mass is 10.1. The molecule has 1 saturated heterocycles. The summed E-state index contributed by atoms with van der Waals surface area (Å²) in [6.07, 6.45) is 2.27. The Morgan fingerprint density at radius 2 is 1.67 bits per heavy atom. The van der Waals surface area contributed by atoms with Crippen LogP contribution in [-0.2, 0) is 0 Å². The smallest absolute Gasteiger partial charge is 0.255 e. The van der Waals surface area contributed by atoms with Gasteiger partial charge in [-0.3, -0.25) is 9.59 Å². The van der Waals surface area contributed by atoms with Crippen molar-refractivity contribution in [3.8, 4) is 0 Å². The molecule has 0 unspecified atom stereocenters. The van der Waals surface area contributed by atoms with E-state index in [0.717, 1.165) is 37.2 Å². The minimum Gasteiger partial charge on any atom is -0.371 e. The summed E-state index contributed by atoms with van der Waals surface area (Å²) in [7, 11) is 0. The summed E-state index contributed by atoms with van der Waals surface area (Å²) < 4.78 is 0. The highest BCUT2D eigenvalue weighted by Gasteiger charge is 2.21. The van der Waals surface area contributed by atoms with Crippen LogP contribution in [0.15, 0.2) is 42.5 Å². The Morgan fingerprint density at radius 3 is 2.33 bits per heavy atom. The molecular weight excluding hydrogens is 338 g/mol. The fourth-order valence-electron chi connectivity index (χ4n) is 3.40. The molecule has 1 heterocycles. The maximum Gasteiger partial charge on any atom is 0.255 e. The zero-order valence-corrected chi connectivity index (χ0v) is 16.2. The van der Waals surface area contributed by atoms with Crippen molar-refractivity contribution in [3.63, 3.8) is 0 Å². The normalized spacial score (nSPS) is 13.7. The molecule has 0 saturated carbocycles. The number of carbonyl (C=O) groups is 2. The summed E-state index contributed by atoms with van der Waals surface area (Å²) in [6, 6.07) is 13.1. The van der Waals surface area contributed by atoms with Crippen LogP contribution >= 0.6 is 0 Å². The number of hydrogen-bond donors (Lipinski definition) is 2. The van der Waals surface area contributed by atoms with Gasteiger partial charge in [-0.1, -0.05) is 18.2 Å². The molecule has 0 aliphatic carbocycles. The van der Waals surface area contributed by atoms with Gasteiger partial charge in [0.1, 0.15) is 0 Å². The number of nitrogens with one attached hydrogen (secondary N) is 2. The van der Waals surface area contributed by atoms with Crippen LogP contribution in [0.3, 0.4) is 0 Å². The number of anilines is 2. The Morgan fingerprint density at radius 1 is 0.963 bits per heavy atom. The Kier molecular flexibility index (Phi) is 5.79. The van der Waals surface area contributed by atoms with E-state index in [4.69, 9.17) is 0 Å². The lowest BCUT2D eigenvalue weighted by molar-refractivity contribution is 0.0942. The molecule has 142 valence electrons. The van der Waals surface area contributed by atoms with Gasteiger partial charge in [-0.2, -0.15) is 0 Å². The molecule has 5 heteroatoms. The van der Waals surface area contributed by atoms with Crippen molar-refractivity contribution in [1.82, 2.24) is 5.32 Å². The van der Waals surface area contributed by atoms with Gasteiger partial charge < -0.3 is 15.5 Å². The van der Waals surface area contributed by atoms with Crippen LogP contribution in [0.1, 0.15) is 53.0 Å². The molecule has 0 radical (unpaired) electrons. The molecule has 2 aromatic rings. The SMILES string of the molecule is Cc1ccccc1C(=O)Nc1ccc(N2CCCC2)c(C(=O)NC(C)C)c1. The minimum atomic E-state index is -0.169. The van der Waals surface area contributed by atoms with E-state index in [9.17, 15) is 9.59 Å². The number of amides is 2. The quantitative estimate of drug-likeness (QED) is 0.842. The fraction of sp³-hybridized carbons (Fsp3) is 0.364. The summed E-state index contributed by atoms with van der Waals surface area (Å²) in [5.41, 5.74) is 3.71. The second kappa shape index (κ2) is 8.25. The van der Waals surface area contributed by atoms with Crippen LogP contribution in [0.5, 0.6) is 0 Å². The van der Waals surface area contributed by atoms with Crippen LogP contribution in [0.4, 0.5) is 11.4 Å². The van der Waals surface area contributed by atoms with Crippen LogP contribution < -0.4 is 15.5 Å². The lowest BCUT2D eigenvalue weighted by Gasteiger charge is -2.22. The third kappa shape index (κ3) is 4.48. The average molecular weight is 365 g/mol. The van der Waals surface area contributed by atoms with Gasteiger partial charge in [-0.05, 0) is 63.4 Å². The summed E-state index contributed by atoms with van der Waals surface area (Å²) in [5, 5.41) is 5.89. The summed E-state index contributed by atoms with van der Waals surface area (Å²) in [4.78, 5) is 27.6. The van der Waals surface area contributed by atoms with Crippen molar-refractivity contribution in [2.24, 2.45) is 0 Å². The van der Waals surface area contributed by atoms with Gasteiger partial charge in [0.15, 0.2) is 0 Å². The van der Waals surface area contributed by atoms with E-state index >= 15 is 0 Å². The predicted molar refractivity (Wildman–Crippen MR) is 110 cm³/mol. The average Bonchev–Trinajstić information content (AvgIpc) is 3.16. The van der Waals surface area contributed by atoms with Crippen molar-refractivity contribution in [1.29, 1.82) is 0 Å². The first-order chi connectivity index (χ1) is 13.0. The number of aryl methyl sites for hydroxylation is 1. The standard InChI is InChI=1S/C22H27N3O2/c1-15(2)23-22(27)19-14-17(10-11-20(19)25-12-6-7-13-25)24-21(26)18-9-5-4-8-16(18)3/h4-5,8-11,14-15H,6-7,12-13H2,1-3H3,(H,23,27)(H,24,26). The summed E-state index contributed by atoms with van der Waals surface area (Å²) >= 11 is 0. The largest absolute Gasteiger partial charge is 0.371 e. The number of benzene rings is 2. The molecule has 1 aliphatic heterocycles. The number of nitrogens with zero attached hydrogens (tertiary/aromatic N) is 1. The molecule has 2 aromatic carbocycles. The van der Waals surface area contributed by atoms with Crippen molar-refractivity contribution in [3.05, 3.63) is 59.2 Å². The molecule has 5 nitrogen and oxygen atoms in total. The molecule has 1 aliphatic rings. The third-order valence-corrected chi connectivity index (χ3v) is 4.76. The minimum absolute atomic E-state index is 0.0501. The summed E-state index contributed by atoms with van der Waals surface area (Å²) in [6.45, 7) is 7.70. The predicted octanol–water partition coefficient (Wildman–Crippen LogP) is 3.99. The van der Waals surface area contributed by atoms with Crippen LogP contribution in [-0.4, -0.2) is 30.9 Å². The van der Waals surface area contributed by atoms with Crippen molar-refractivity contribution in [2.75, 3.05) is 23.3 Å². The second-order valence-electron chi connectivity index (χ2n) is 7.32. The van der Waals surface area contributed by atoms with E-state index in [1.807, 2.05) is 51.1 Å². The first-order valence-corrected chi connectivity index (χ1v) is 9.52. The van der Waals surface area contributed by atoms with E-state index in [-0.39, 0.29) is 17.9 Å². The first kappa shape index (κ1) is 19.0. The van der Waals surface area contributed by atoms with Crippen molar-refractivity contribution in [2.45, 2.75) is 39.7 Å². The highest BCUT2D eigenvalue weighted by atomic mass is 16.2. The maximum atomic E-state index is 12.7. The Bertz CT molecular complexity index is 839. The Balaban J connectivity index is 1.89. The highest BCUT2D eigenvalue weighted by molar-refractivity contribution is 6.07. The third-order valence-electron chi connectivity index (χ3n) is 4.76. The van der Waals surface area contributed by atoms with Gasteiger partial charge in [0.05, 0.1) is 5.56 Å². The van der Waals surface area contributed by atoms with Crippen molar-refractivity contribution >= 4 is 23.2 Å². The zero-order chi connectivity index (χ0) is 19.4. The van der Waals surface area contributed by atoms with E-state index in [1.54, 1.807) is 12.1 Å². The van der Waals surface area contributed by atoms with Gasteiger partial charge >= 0.3 is 0 Å². The number of carbonyl (C=O) groups excluding carboxylic acids is 2. The molecule has 27 heavy (non-hydrogen) atoms. The van der Waals surface area contributed by atoms with E-state index in [1.165, 1.54) is 0 Å². The van der Waals surface area contributed by atoms with Crippen LogP contribution in [0.25, 0.3) is 0 Å². The first-order valence-electron chi connectivity index (χ1n) is 9.52.